The second-order valence-corrected chi connectivity index (χ2v) is 10.7. The van der Waals surface area contributed by atoms with Gasteiger partial charge in [0.25, 0.3) is 0 Å². The number of urea groups is 1. The second-order valence-electron chi connectivity index (χ2n) is 9.86. The van der Waals surface area contributed by atoms with Crippen LogP contribution in [0.1, 0.15) is 49.8 Å². The van der Waals surface area contributed by atoms with E-state index in [1.165, 1.54) is 24.5 Å². The molecule has 3 aromatic heterocycles. The number of thiazole rings is 1. The van der Waals surface area contributed by atoms with Crippen molar-refractivity contribution in [2.75, 3.05) is 25.1 Å². The molecule has 1 aromatic carbocycles. The number of hydrogen-bond donors (Lipinski definition) is 3. The van der Waals surface area contributed by atoms with Gasteiger partial charge in [0.05, 0.1) is 24.8 Å². The van der Waals surface area contributed by atoms with Gasteiger partial charge in [-0.2, -0.15) is 13.2 Å². The molecule has 0 aliphatic rings. The van der Waals surface area contributed by atoms with E-state index < -0.39 is 35.3 Å². The molecule has 0 saturated heterocycles. The van der Waals surface area contributed by atoms with Gasteiger partial charge in [-0.3, -0.25) is 10.1 Å². The number of anilines is 1. The lowest BCUT2D eigenvalue weighted by atomic mass is 9.98. The van der Waals surface area contributed by atoms with E-state index in [0.29, 0.717) is 23.2 Å². The number of nitrogens with one attached hydrogen (secondary N) is 2. The zero-order valence-electron chi connectivity index (χ0n) is 23.8. The molecule has 1 atom stereocenters. The molecule has 3 heterocycles. The fraction of sp³-hybridized carbons (Fsp3) is 0.345. The molecule has 0 spiro atoms. The van der Waals surface area contributed by atoms with Crippen molar-refractivity contribution in [3.8, 4) is 21.7 Å². The Bertz CT molecular complexity index is 1720. The Balaban J connectivity index is 1.97. The van der Waals surface area contributed by atoms with Crippen molar-refractivity contribution in [3.63, 3.8) is 0 Å². The average Bonchev–Trinajstić information content (AvgIpc) is 3.46. The molecule has 2 amide bonds. The van der Waals surface area contributed by atoms with E-state index in [4.69, 9.17) is 4.74 Å². The lowest BCUT2D eigenvalue weighted by Crippen LogP contribution is -2.28. The quantitative estimate of drug-likeness (QED) is 0.205. The third-order valence-electron chi connectivity index (χ3n) is 6.66. The summed E-state index contributed by atoms with van der Waals surface area (Å²) in [6.07, 6.45) is -1.92. The molecule has 10 nitrogen and oxygen atoms in total. The summed E-state index contributed by atoms with van der Waals surface area (Å²) in [5, 5.41) is 16.3. The second kappa shape index (κ2) is 12.9. The van der Waals surface area contributed by atoms with Gasteiger partial charge in [-0.05, 0) is 43.5 Å². The number of rotatable bonds is 9. The fourth-order valence-corrected chi connectivity index (χ4v) is 5.41. The Labute approximate surface area is 248 Å². The van der Waals surface area contributed by atoms with Gasteiger partial charge >= 0.3 is 18.2 Å². The maximum absolute atomic E-state index is 13.6. The van der Waals surface area contributed by atoms with Crippen LogP contribution in [0, 0.1) is 5.92 Å². The number of carbonyl (C=O) groups is 2. The van der Waals surface area contributed by atoms with E-state index >= 15 is 0 Å². The molecule has 4 aromatic rings. The summed E-state index contributed by atoms with van der Waals surface area (Å²) >= 11 is 0.765. The highest BCUT2D eigenvalue weighted by Gasteiger charge is 2.34. The molecule has 4 rings (SSSR count). The molecule has 228 valence electrons. The molecule has 3 N–H and O–H groups in total. The van der Waals surface area contributed by atoms with Crippen LogP contribution in [0.5, 0.6) is 0 Å². The molecule has 0 aliphatic heterocycles. The van der Waals surface area contributed by atoms with Crippen LogP contribution in [-0.2, 0) is 10.9 Å². The van der Waals surface area contributed by atoms with Crippen LogP contribution >= 0.6 is 11.3 Å². The van der Waals surface area contributed by atoms with E-state index in [2.05, 4.69) is 20.6 Å². The van der Waals surface area contributed by atoms with Gasteiger partial charge in [-0.25, -0.2) is 19.6 Å². The number of aromatic nitrogens is 3. The van der Waals surface area contributed by atoms with Crippen LogP contribution < -0.4 is 16.1 Å². The third kappa shape index (κ3) is 6.70. The monoisotopic (exact) mass is 617 g/mol. The maximum atomic E-state index is 13.6. The predicted octanol–water partition coefficient (Wildman–Crippen LogP) is 5.71. The van der Waals surface area contributed by atoms with Crippen LogP contribution in [-0.4, -0.2) is 51.4 Å². The normalized spacial score (nSPS) is 12.4. The van der Waals surface area contributed by atoms with Gasteiger partial charge < -0.3 is 19.7 Å². The smallest absolute Gasteiger partial charge is 0.434 e. The number of hydrogen-bond acceptors (Lipinski definition) is 8. The lowest BCUT2D eigenvalue weighted by molar-refractivity contribution is -0.140. The van der Waals surface area contributed by atoms with Crippen molar-refractivity contribution in [1.29, 1.82) is 0 Å². The Morgan fingerprint density at radius 2 is 1.91 bits per heavy atom. The van der Waals surface area contributed by atoms with Crippen LogP contribution in [0.3, 0.4) is 0 Å². The highest BCUT2D eigenvalue weighted by molar-refractivity contribution is 7.13. The number of aliphatic hydroxyl groups is 1. The van der Waals surface area contributed by atoms with Crippen LogP contribution in [0.2, 0.25) is 0 Å². The van der Waals surface area contributed by atoms with Gasteiger partial charge in [-0.1, -0.05) is 19.9 Å². The zero-order chi connectivity index (χ0) is 31.5. The van der Waals surface area contributed by atoms with E-state index in [-0.39, 0.29) is 46.5 Å². The summed E-state index contributed by atoms with van der Waals surface area (Å²) in [6.45, 7) is 7.24. The average molecular weight is 618 g/mol. The van der Waals surface area contributed by atoms with E-state index in [0.717, 1.165) is 16.7 Å². The Kier molecular flexibility index (Phi) is 9.50. The number of amides is 2. The Morgan fingerprint density at radius 3 is 2.51 bits per heavy atom. The number of fused-ring (bicyclic) bond motifs is 1. The van der Waals surface area contributed by atoms with Crippen molar-refractivity contribution < 1.29 is 32.6 Å². The van der Waals surface area contributed by atoms with Gasteiger partial charge in [0.2, 0.25) is 5.43 Å². The first-order valence-electron chi connectivity index (χ1n) is 13.4. The minimum atomic E-state index is -4.67. The Hall–Kier alpha value is -4.30. The summed E-state index contributed by atoms with van der Waals surface area (Å²) in [4.78, 5) is 46.5. The highest BCUT2D eigenvalue weighted by atomic mass is 32.1. The molecular weight excluding hydrogens is 587 g/mol. The van der Waals surface area contributed by atoms with Crippen molar-refractivity contribution in [1.82, 2.24) is 19.9 Å². The van der Waals surface area contributed by atoms with Gasteiger partial charge in [0, 0.05) is 40.8 Å². The number of halogens is 3. The molecule has 14 heteroatoms. The number of esters is 1. The zero-order valence-corrected chi connectivity index (χ0v) is 24.6. The van der Waals surface area contributed by atoms with E-state index in [1.54, 1.807) is 30.5 Å². The van der Waals surface area contributed by atoms with Crippen LogP contribution in [0.4, 0.5) is 23.8 Å². The summed E-state index contributed by atoms with van der Waals surface area (Å²) in [7, 11) is 0. The van der Waals surface area contributed by atoms with E-state index in [9.17, 15) is 32.7 Å². The number of ether oxygens (including phenoxy) is 1. The summed E-state index contributed by atoms with van der Waals surface area (Å²) in [5.41, 5.74) is -0.492. The topological polar surface area (TPSA) is 135 Å². The number of nitrogens with zero attached hydrogens (tertiary/aromatic N) is 3. The van der Waals surface area contributed by atoms with Crippen molar-refractivity contribution in [2.24, 2.45) is 5.92 Å². The SMILES string of the molecule is CCNC(=O)Nc1cc(-c2nc(C(F)(F)F)cs2)c(-c2ccc3c(c2)c(=O)c(C(=O)OCC)cn3[C@H](CO)C(C)C)cn1. The first-order valence-corrected chi connectivity index (χ1v) is 14.3. The minimum Gasteiger partial charge on any atom is -0.462 e. The van der Waals surface area contributed by atoms with Crippen LogP contribution in [0.15, 0.2) is 46.8 Å². The molecule has 0 fully saturated rings. The first-order chi connectivity index (χ1) is 20.4. The number of aliphatic hydroxyl groups excluding tert-OH is 1. The molecule has 0 unspecified atom stereocenters. The summed E-state index contributed by atoms with van der Waals surface area (Å²) in [6, 6.07) is 5.19. The molecule has 0 aliphatic carbocycles. The molecule has 0 saturated carbocycles. The lowest BCUT2D eigenvalue weighted by Gasteiger charge is -2.25. The van der Waals surface area contributed by atoms with E-state index in [1.807, 2.05) is 13.8 Å². The first kappa shape index (κ1) is 31.6. The summed E-state index contributed by atoms with van der Waals surface area (Å²) < 4.78 is 47.0. The van der Waals surface area contributed by atoms with Gasteiger partial charge in [-0.15, -0.1) is 11.3 Å². The number of pyridine rings is 2. The number of alkyl halides is 3. The maximum Gasteiger partial charge on any atom is 0.434 e. The van der Waals surface area contributed by atoms with Crippen molar-refractivity contribution >= 4 is 40.1 Å². The van der Waals surface area contributed by atoms with Crippen LogP contribution in [0.25, 0.3) is 32.6 Å². The molecular formula is C29H30F3N5O5S. The van der Waals surface area contributed by atoms with Crippen molar-refractivity contribution in [3.05, 3.63) is 63.5 Å². The predicted molar refractivity (Wildman–Crippen MR) is 157 cm³/mol. The minimum absolute atomic E-state index is 0.0154. The standard InChI is InChI=1S/C29H30F3N5O5S/c1-5-33-28(41)36-24-10-17(26-35-23(14-43-26)29(30,31)32)19(11-34-24)16-7-8-21-18(9-16)25(39)20(27(40)42-6-2)12-37(21)22(13-38)15(3)4/h7-12,14-15,22,38H,5-6,13H2,1-4H3,(H2,33,34,36,41)/t22-/m1/s1. The molecule has 0 bridgehead atoms. The molecule has 43 heavy (non-hydrogen) atoms. The van der Waals surface area contributed by atoms with Crippen molar-refractivity contribution in [2.45, 2.75) is 39.9 Å². The summed E-state index contributed by atoms with van der Waals surface area (Å²) in [5.74, 6) is -0.817. The highest BCUT2D eigenvalue weighted by Crippen LogP contribution is 2.39. The number of benzene rings is 1. The largest absolute Gasteiger partial charge is 0.462 e. The molecule has 0 radical (unpaired) electrons. The van der Waals surface area contributed by atoms with Gasteiger partial charge in [0.15, 0.2) is 5.69 Å². The number of carbonyl (C=O) groups excluding carboxylic acids is 2. The van der Waals surface area contributed by atoms with Gasteiger partial charge in [0.1, 0.15) is 16.4 Å². The fourth-order valence-electron chi connectivity index (χ4n) is 4.55. The third-order valence-corrected chi connectivity index (χ3v) is 7.54. The Morgan fingerprint density at radius 1 is 1.16 bits per heavy atom.